The Balaban J connectivity index is 1.39. The fraction of sp³-hybridized carbons (Fsp3) is 0.0909. The molecule has 2 heterocycles. The van der Waals surface area contributed by atoms with E-state index in [0.717, 1.165) is 22.2 Å². The van der Waals surface area contributed by atoms with Gasteiger partial charge in [-0.2, -0.15) is 0 Å². The van der Waals surface area contributed by atoms with E-state index in [1.807, 2.05) is 36.4 Å². The molecular formula is C22H18N2OS. The molecule has 4 heteroatoms. The van der Waals surface area contributed by atoms with E-state index in [2.05, 4.69) is 46.7 Å². The van der Waals surface area contributed by atoms with Crippen LogP contribution in [0.25, 0.3) is 10.9 Å². The standard InChI is InChI=1S/C22H18N2OS/c25-22(18-8-11-21-17(14-18)7-4-12-23-21)24-15-20-10-9-19(26-20)13-16-5-2-1-3-6-16/h1-12,14H,13,15H2,(H,24,25). The Labute approximate surface area is 156 Å². The monoisotopic (exact) mass is 358 g/mol. The third kappa shape index (κ3) is 3.81. The molecule has 2 aromatic heterocycles. The van der Waals surface area contributed by atoms with E-state index in [1.165, 1.54) is 10.4 Å². The molecule has 1 N–H and O–H groups in total. The number of carbonyl (C=O) groups is 1. The topological polar surface area (TPSA) is 42.0 Å². The van der Waals surface area contributed by atoms with E-state index in [0.29, 0.717) is 12.1 Å². The molecule has 128 valence electrons. The second kappa shape index (κ2) is 7.50. The number of thiophene rings is 1. The highest BCUT2D eigenvalue weighted by Crippen LogP contribution is 2.20. The van der Waals surface area contributed by atoms with Crippen molar-refractivity contribution >= 4 is 28.1 Å². The van der Waals surface area contributed by atoms with Crippen molar-refractivity contribution in [3.05, 3.63) is 99.9 Å². The summed E-state index contributed by atoms with van der Waals surface area (Å²) in [6, 6.07) is 24.1. The largest absolute Gasteiger partial charge is 0.347 e. The van der Waals surface area contributed by atoms with Crippen molar-refractivity contribution in [3.63, 3.8) is 0 Å². The maximum Gasteiger partial charge on any atom is 0.251 e. The summed E-state index contributed by atoms with van der Waals surface area (Å²) in [5.41, 5.74) is 2.86. The van der Waals surface area contributed by atoms with Gasteiger partial charge in [-0.1, -0.05) is 36.4 Å². The van der Waals surface area contributed by atoms with Gasteiger partial charge in [0.1, 0.15) is 0 Å². The van der Waals surface area contributed by atoms with Crippen molar-refractivity contribution < 1.29 is 4.79 Å². The molecule has 0 saturated carbocycles. The number of carbonyl (C=O) groups excluding carboxylic acids is 1. The minimum Gasteiger partial charge on any atom is -0.347 e. The summed E-state index contributed by atoms with van der Waals surface area (Å²) in [6.45, 7) is 0.545. The lowest BCUT2D eigenvalue weighted by Crippen LogP contribution is -2.22. The molecule has 0 fully saturated rings. The van der Waals surface area contributed by atoms with Crippen LogP contribution in [-0.2, 0) is 13.0 Å². The van der Waals surface area contributed by atoms with Crippen LogP contribution in [0.3, 0.4) is 0 Å². The molecule has 0 aliphatic rings. The van der Waals surface area contributed by atoms with Gasteiger partial charge in [0.05, 0.1) is 12.1 Å². The zero-order chi connectivity index (χ0) is 17.8. The number of hydrogen-bond donors (Lipinski definition) is 1. The number of amides is 1. The highest BCUT2D eigenvalue weighted by Gasteiger charge is 2.08. The van der Waals surface area contributed by atoms with Crippen molar-refractivity contribution in [1.82, 2.24) is 10.3 Å². The fourth-order valence-electron chi connectivity index (χ4n) is 2.90. The van der Waals surface area contributed by atoms with Gasteiger partial charge in [0.2, 0.25) is 0 Å². The SMILES string of the molecule is O=C(NCc1ccc(Cc2ccccc2)s1)c1ccc2ncccc2c1. The average molecular weight is 358 g/mol. The van der Waals surface area contributed by atoms with Gasteiger partial charge in [-0.15, -0.1) is 11.3 Å². The Morgan fingerprint density at radius 1 is 0.923 bits per heavy atom. The summed E-state index contributed by atoms with van der Waals surface area (Å²) >= 11 is 1.74. The number of fused-ring (bicyclic) bond motifs is 1. The molecule has 0 unspecified atom stereocenters. The molecule has 0 aliphatic carbocycles. The zero-order valence-electron chi connectivity index (χ0n) is 14.2. The molecule has 26 heavy (non-hydrogen) atoms. The normalized spacial score (nSPS) is 10.8. The predicted octanol–water partition coefficient (Wildman–Crippen LogP) is 4.82. The smallest absolute Gasteiger partial charge is 0.251 e. The lowest BCUT2D eigenvalue weighted by atomic mass is 10.1. The predicted molar refractivity (Wildman–Crippen MR) is 106 cm³/mol. The molecule has 0 atom stereocenters. The van der Waals surface area contributed by atoms with Crippen LogP contribution in [-0.4, -0.2) is 10.9 Å². The lowest BCUT2D eigenvalue weighted by molar-refractivity contribution is 0.0951. The number of nitrogens with zero attached hydrogens (tertiary/aromatic N) is 1. The summed E-state index contributed by atoms with van der Waals surface area (Å²) in [5, 5.41) is 3.98. The highest BCUT2D eigenvalue weighted by atomic mass is 32.1. The van der Waals surface area contributed by atoms with Crippen LogP contribution in [0.15, 0.2) is 79.0 Å². The fourth-order valence-corrected chi connectivity index (χ4v) is 3.89. The van der Waals surface area contributed by atoms with Crippen LogP contribution >= 0.6 is 11.3 Å². The molecule has 2 aromatic carbocycles. The molecule has 4 aromatic rings. The zero-order valence-corrected chi connectivity index (χ0v) is 15.0. The van der Waals surface area contributed by atoms with Crippen LogP contribution < -0.4 is 5.32 Å². The summed E-state index contributed by atoms with van der Waals surface area (Å²) < 4.78 is 0. The van der Waals surface area contributed by atoms with Crippen molar-refractivity contribution in [1.29, 1.82) is 0 Å². The van der Waals surface area contributed by atoms with Gasteiger partial charge in [0, 0.05) is 33.3 Å². The average Bonchev–Trinajstić information content (AvgIpc) is 3.14. The number of hydrogen-bond acceptors (Lipinski definition) is 3. The second-order valence-electron chi connectivity index (χ2n) is 6.12. The minimum absolute atomic E-state index is 0.0613. The molecule has 3 nitrogen and oxygen atoms in total. The number of aromatic nitrogens is 1. The summed E-state index contributed by atoms with van der Waals surface area (Å²) in [4.78, 5) is 19.2. The number of pyridine rings is 1. The number of benzene rings is 2. The van der Waals surface area contributed by atoms with Gasteiger partial charge in [-0.3, -0.25) is 9.78 Å². The Morgan fingerprint density at radius 3 is 2.65 bits per heavy atom. The number of rotatable bonds is 5. The first kappa shape index (κ1) is 16.5. The number of nitrogens with one attached hydrogen (secondary N) is 1. The van der Waals surface area contributed by atoms with Crippen LogP contribution in [0.5, 0.6) is 0 Å². The molecule has 4 rings (SSSR count). The Hall–Kier alpha value is -2.98. The van der Waals surface area contributed by atoms with Gasteiger partial charge in [0.15, 0.2) is 0 Å². The first-order valence-corrected chi connectivity index (χ1v) is 9.34. The minimum atomic E-state index is -0.0613. The van der Waals surface area contributed by atoms with E-state index in [-0.39, 0.29) is 5.91 Å². The summed E-state index contributed by atoms with van der Waals surface area (Å²) in [5.74, 6) is -0.0613. The van der Waals surface area contributed by atoms with Crippen LogP contribution in [0.4, 0.5) is 0 Å². The Morgan fingerprint density at radius 2 is 1.77 bits per heavy atom. The quantitative estimate of drug-likeness (QED) is 0.556. The second-order valence-corrected chi connectivity index (χ2v) is 7.38. The van der Waals surface area contributed by atoms with Gasteiger partial charge in [0.25, 0.3) is 5.91 Å². The first-order chi connectivity index (χ1) is 12.8. The molecule has 0 spiro atoms. The van der Waals surface area contributed by atoms with Gasteiger partial charge in [-0.05, 0) is 42.0 Å². The van der Waals surface area contributed by atoms with Gasteiger partial charge < -0.3 is 5.32 Å². The maximum absolute atomic E-state index is 12.4. The van der Waals surface area contributed by atoms with Crippen molar-refractivity contribution in [2.45, 2.75) is 13.0 Å². The van der Waals surface area contributed by atoms with Crippen LogP contribution in [0.2, 0.25) is 0 Å². The first-order valence-electron chi connectivity index (χ1n) is 8.52. The van der Waals surface area contributed by atoms with Crippen LogP contribution in [0, 0.1) is 0 Å². The maximum atomic E-state index is 12.4. The van der Waals surface area contributed by atoms with Gasteiger partial charge >= 0.3 is 0 Å². The molecule has 0 aliphatic heterocycles. The summed E-state index contributed by atoms with van der Waals surface area (Å²) in [6.07, 6.45) is 2.68. The highest BCUT2D eigenvalue weighted by molar-refractivity contribution is 7.12. The molecular weight excluding hydrogens is 340 g/mol. The van der Waals surface area contributed by atoms with E-state index >= 15 is 0 Å². The lowest BCUT2D eigenvalue weighted by Gasteiger charge is -2.05. The molecule has 0 bridgehead atoms. The van der Waals surface area contributed by atoms with Crippen LogP contribution in [0.1, 0.15) is 25.7 Å². The van der Waals surface area contributed by atoms with E-state index in [1.54, 1.807) is 17.5 Å². The third-order valence-corrected chi connectivity index (χ3v) is 5.31. The summed E-state index contributed by atoms with van der Waals surface area (Å²) in [7, 11) is 0. The Bertz CT molecular complexity index is 1040. The third-order valence-electron chi connectivity index (χ3n) is 4.23. The Kier molecular flexibility index (Phi) is 4.75. The molecule has 0 radical (unpaired) electrons. The van der Waals surface area contributed by atoms with Crippen molar-refractivity contribution in [3.8, 4) is 0 Å². The van der Waals surface area contributed by atoms with Gasteiger partial charge in [-0.25, -0.2) is 0 Å². The van der Waals surface area contributed by atoms with E-state index in [4.69, 9.17) is 0 Å². The molecule has 1 amide bonds. The van der Waals surface area contributed by atoms with E-state index in [9.17, 15) is 4.79 Å². The van der Waals surface area contributed by atoms with E-state index < -0.39 is 0 Å². The van der Waals surface area contributed by atoms with Crippen molar-refractivity contribution in [2.75, 3.05) is 0 Å². The molecule has 0 saturated heterocycles. The van der Waals surface area contributed by atoms with Crippen molar-refractivity contribution in [2.24, 2.45) is 0 Å².